The van der Waals surface area contributed by atoms with Crippen molar-refractivity contribution in [3.8, 4) is 5.69 Å². The maximum Gasteiger partial charge on any atom is 0.175 e. The van der Waals surface area contributed by atoms with Gasteiger partial charge in [0.1, 0.15) is 0 Å². The van der Waals surface area contributed by atoms with E-state index in [-0.39, 0.29) is 0 Å². The molecule has 0 unspecified atom stereocenters. The number of imidazole rings is 1. The SMILES string of the molecule is CS(=O)(=O)c1ccc(NCc2ccccc2-n2ccnc2)cc1. The third-order valence-electron chi connectivity index (χ3n) is 3.54. The third-order valence-corrected chi connectivity index (χ3v) is 4.67. The van der Waals surface area contributed by atoms with Gasteiger partial charge in [-0.3, -0.25) is 0 Å². The smallest absolute Gasteiger partial charge is 0.175 e. The summed E-state index contributed by atoms with van der Waals surface area (Å²) in [5.41, 5.74) is 3.06. The molecule has 0 atom stereocenters. The number of rotatable bonds is 5. The van der Waals surface area contributed by atoms with E-state index in [1.54, 1.807) is 36.8 Å². The fourth-order valence-electron chi connectivity index (χ4n) is 2.33. The van der Waals surface area contributed by atoms with Crippen molar-refractivity contribution in [2.45, 2.75) is 11.4 Å². The largest absolute Gasteiger partial charge is 0.381 e. The first-order valence-corrected chi connectivity index (χ1v) is 9.03. The average Bonchev–Trinajstić information content (AvgIpc) is 3.07. The van der Waals surface area contributed by atoms with Gasteiger partial charge in [0.05, 0.1) is 16.9 Å². The van der Waals surface area contributed by atoms with Gasteiger partial charge in [-0.2, -0.15) is 0 Å². The van der Waals surface area contributed by atoms with Crippen molar-refractivity contribution in [1.82, 2.24) is 9.55 Å². The van der Waals surface area contributed by atoms with E-state index in [0.717, 1.165) is 16.9 Å². The van der Waals surface area contributed by atoms with Crippen LogP contribution in [0.15, 0.2) is 72.1 Å². The number of para-hydroxylation sites is 1. The highest BCUT2D eigenvalue weighted by Gasteiger charge is 2.07. The molecule has 1 heterocycles. The Bertz CT molecular complexity index is 886. The van der Waals surface area contributed by atoms with E-state index in [1.807, 2.05) is 35.0 Å². The Balaban J connectivity index is 1.77. The molecule has 0 fully saturated rings. The van der Waals surface area contributed by atoms with Crippen LogP contribution in [0.3, 0.4) is 0 Å². The molecular formula is C17H17N3O2S. The first-order valence-electron chi connectivity index (χ1n) is 7.14. The molecule has 0 aliphatic carbocycles. The number of sulfone groups is 1. The number of benzene rings is 2. The molecule has 23 heavy (non-hydrogen) atoms. The molecule has 0 aliphatic heterocycles. The molecule has 0 radical (unpaired) electrons. The molecule has 0 aliphatic rings. The van der Waals surface area contributed by atoms with E-state index in [4.69, 9.17) is 0 Å². The van der Waals surface area contributed by atoms with Gasteiger partial charge in [0.25, 0.3) is 0 Å². The lowest BCUT2D eigenvalue weighted by Gasteiger charge is -2.12. The number of nitrogens with one attached hydrogen (secondary N) is 1. The molecule has 0 spiro atoms. The summed E-state index contributed by atoms with van der Waals surface area (Å²) in [6, 6.07) is 14.8. The van der Waals surface area contributed by atoms with Crippen LogP contribution in [-0.2, 0) is 16.4 Å². The van der Waals surface area contributed by atoms with E-state index in [9.17, 15) is 8.42 Å². The summed E-state index contributed by atoms with van der Waals surface area (Å²) in [5.74, 6) is 0. The zero-order valence-electron chi connectivity index (χ0n) is 12.7. The summed E-state index contributed by atoms with van der Waals surface area (Å²) < 4.78 is 24.9. The van der Waals surface area contributed by atoms with E-state index < -0.39 is 9.84 Å². The van der Waals surface area contributed by atoms with Crippen LogP contribution in [-0.4, -0.2) is 24.2 Å². The second-order valence-corrected chi connectivity index (χ2v) is 7.26. The summed E-state index contributed by atoms with van der Waals surface area (Å²) in [5, 5.41) is 3.31. The number of nitrogens with zero attached hydrogens (tertiary/aromatic N) is 2. The highest BCUT2D eigenvalue weighted by atomic mass is 32.2. The lowest BCUT2D eigenvalue weighted by atomic mass is 10.1. The number of hydrogen-bond acceptors (Lipinski definition) is 4. The Morgan fingerprint density at radius 2 is 1.83 bits per heavy atom. The summed E-state index contributed by atoms with van der Waals surface area (Å²) in [4.78, 5) is 4.40. The predicted molar refractivity (Wildman–Crippen MR) is 90.4 cm³/mol. The lowest BCUT2D eigenvalue weighted by Crippen LogP contribution is -2.04. The van der Waals surface area contributed by atoms with E-state index in [0.29, 0.717) is 11.4 Å². The fourth-order valence-corrected chi connectivity index (χ4v) is 2.96. The summed E-state index contributed by atoms with van der Waals surface area (Å²) in [6.07, 6.45) is 6.62. The van der Waals surface area contributed by atoms with Gasteiger partial charge in [-0.15, -0.1) is 0 Å². The molecule has 5 nitrogen and oxygen atoms in total. The minimum Gasteiger partial charge on any atom is -0.381 e. The number of anilines is 1. The van der Waals surface area contributed by atoms with E-state index in [2.05, 4.69) is 10.3 Å². The summed E-state index contributed by atoms with van der Waals surface area (Å²) in [7, 11) is -3.16. The van der Waals surface area contributed by atoms with Crippen molar-refractivity contribution in [1.29, 1.82) is 0 Å². The van der Waals surface area contributed by atoms with Crippen molar-refractivity contribution in [3.63, 3.8) is 0 Å². The minimum absolute atomic E-state index is 0.321. The third kappa shape index (κ3) is 3.60. The van der Waals surface area contributed by atoms with Gasteiger partial charge in [-0.25, -0.2) is 13.4 Å². The van der Waals surface area contributed by atoms with Gasteiger partial charge in [-0.05, 0) is 35.9 Å². The van der Waals surface area contributed by atoms with Crippen molar-refractivity contribution >= 4 is 15.5 Å². The van der Waals surface area contributed by atoms with Gasteiger partial charge >= 0.3 is 0 Å². The maximum atomic E-state index is 11.5. The molecule has 1 N–H and O–H groups in total. The van der Waals surface area contributed by atoms with Crippen LogP contribution in [0.1, 0.15) is 5.56 Å². The monoisotopic (exact) mass is 327 g/mol. The first kappa shape index (κ1) is 15.3. The summed E-state index contributed by atoms with van der Waals surface area (Å²) in [6.45, 7) is 0.632. The average molecular weight is 327 g/mol. The highest BCUT2D eigenvalue weighted by molar-refractivity contribution is 7.90. The maximum absolute atomic E-state index is 11.5. The molecule has 118 valence electrons. The molecule has 0 bridgehead atoms. The lowest BCUT2D eigenvalue weighted by molar-refractivity contribution is 0.602. The molecule has 3 rings (SSSR count). The Morgan fingerprint density at radius 1 is 1.09 bits per heavy atom. The van der Waals surface area contributed by atoms with Gasteiger partial charge in [0.2, 0.25) is 0 Å². The number of aromatic nitrogens is 2. The fraction of sp³-hybridized carbons (Fsp3) is 0.118. The van der Waals surface area contributed by atoms with Crippen molar-refractivity contribution in [2.24, 2.45) is 0 Å². The zero-order chi connectivity index (χ0) is 16.3. The topological polar surface area (TPSA) is 64.0 Å². The Kier molecular flexibility index (Phi) is 4.16. The molecular weight excluding hydrogens is 310 g/mol. The Morgan fingerprint density at radius 3 is 2.48 bits per heavy atom. The molecule has 2 aromatic carbocycles. The standard InChI is InChI=1S/C17H17N3O2S/c1-23(21,22)16-8-6-15(7-9-16)19-12-14-4-2-3-5-17(14)20-11-10-18-13-20/h2-11,13,19H,12H2,1H3. The normalized spacial score (nSPS) is 11.3. The van der Waals surface area contributed by atoms with E-state index >= 15 is 0 Å². The van der Waals surface area contributed by atoms with Gasteiger partial charge in [0, 0.05) is 30.9 Å². The van der Waals surface area contributed by atoms with Gasteiger partial charge in [-0.1, -0.05) is 18.2 Å². The van der Waals surface area contributed by atoms with Crippen LogP contribution in [0.5, 0.6) is 0 Å². The second kappa shape index (κ2) is 6.26. The Hall–Kier alpha value is -2.60. The zero-order valence-corrected chi connectivity index (χ0v) is 13.5. The van der Waals surface area contributed by atoms with Crippen LogP contribution in [0.4, 0.5) is 5.69 Å². The highest BCUT2D eigenvalue weighted by Crippen LogP contribution is 2.18. The first-order chi connectivity index (χ1) is 11.0. The molecule has 1 aromatic heterocycles. The van der Waals surface area contributed by atoms with Crippen LogP contribution < -0.4 is 5.32 Å². The van der Waals surface area contributed by atoms with Crippen LogP contribution >= 0.6 is 0 Å². The molecule has 0 saturated heterocycles. The van der Waals surface area contributed by atoms with E-state index in [1.165, 1.54) is 6.26 Å². The minimum atomic E-state index is -3.16. The van der Waals surface area contributed by atoms with Crippen LogP contribution in [0.2, 0.25) is 0 Å². The van der Waals surface area contributed by atoms with Gasteiger partial charge in [0.15, 0.2) is 9.84 Å². The van der Waals surface area contributed by atoms with Gasteiger partial charge < -0.3 is 9.88 Å². The quantitative estimate of drug-likeness (QED) is 0.782. The second-order valence-electron chi connectivity index (χ2n) is 5.25. The van der Waals surface area contributed by atoms with Crippen molar-refractivity contribution in [2.75, 3.05) is 11.6 Å². The Labute approximate surface area is 135 Å². The number of hydrogen-bond donors (Lipinski definition) is 1. The van der Waals surface area contributed by atoms with Crippen molar-refractivity contribution < 1.29 is 8.42 Å². The van der Waals surface area contributed by atoms with Crippen molar-refractivity contribution in [3.05, 3.63) is 72.8 Å². The van der Waals surface area contributed by atoms with Crippen LogP contribution in [0.25, 0.3) is 5.69 Å². The molecule has 0 saturated carbocycles. The summed E-state index contributed by atoms with van der Waals surface area (Å²) >= 11 is 0. The molecule has 3 aromatic rings. The molecule has 0 amide bonds. The predicted octanol–water partition coefficient (Wildman–Crippen LogP) is 2.89. The van der Waals surface area contributed by atoms with Crippen LogP contribution in [0, 0.1) is 0 Å². The molecule has 6 heteroatoms.